The molecule has 0 amide bonds. The summed E-state index contributed by atoms with van der Waals surface area (Å²) in [6, 6.07) is 10.7. The van der Waals surface area contributed by atoms with Crippen LogP contribution in [-0.4, -0.2) is 132 Å². The number of aliphatic carboxylic acids is 2. The lowest BCUT2D eigenvalue weighted by atomic mass is 9.80. The van der Waals surface area contributed by atoms with Crippen molar-refractivity contribution in [3.05, 3.63) is 60.2 Å². The van der Waals surface area contributed by atoms with Crippen LogP contribution in [0.1, 0.15) is 301 Å². The minimum absolute atomic E-state index is 0.0214. The Kier molecular flexibility index (Phi) is 47.3. The molecule has 0 aliphatic heterocycles. The van der Waals surface area contributed by atoms with Gasteiger partial charge >= 0.3 is 53.7 Å². The lowest BCUT2D eigenvalue weighted by Crippen LogP contribution is -2.36. The zero-order valence-electron chi connectivity index (χ0n) is 69.8. The van der Waals surface area contributed by atoms with Gasteiger partial charge in [0, 0.05) is 11.1 Å². The number of hydrogen-bond donors (Lipinski definition) is 4. The number of carboxylic acid groups (broad SMARTS) is 2. The van der Waals surface area contributed by atoms with Gasteiger partial charge in [-0.3, -0.25) is 33.6 Å². The summed E-state index contributed by atoms with van der Waals surface area (Å²) < 4.78 is 35.3. The largest absolute Gasteiger partial charge is 0.481 e. The smallest absolute Gasteiger partial charge is 0.333 e. The number of esters is 7. The highest BCUT2D eigenvalue weighted by atomic mass is 16.6. The number of hydrogen-bond acceptors (Lipinski definition) is 18. The fraction of sp³-hybridized carbons (Fsp3) is 0.774. The number of methoxy groups -OCH3 is 1. The molecule has 7 atom stereocenters. The van der Waals surface area contributed by atoms with Gasteiger partial charge in [-0.2, -0.15) is 0 Å². The van der Waals surface area contributed by atoms with E-state index in [1.54, 1.807) is 55.4 Å². The van der Waals surface area contributed by atoms with Crippen molar-refractivity contribution in [2.24, 2.45) is 61.6 Å². The third kappa shape index (κ3) is 38.4. The van der Waals surface area contributed by atoms with Crippen LogP contribution in [0.5, 0.6) is 0 Å². The minimum atomic E-state index is -1.02. The first-order chi connectivity index (χ1) is 47.7. The molecule has 1 aromatic rings. The van der Waals surface area contributed by atoms with Gasteiger partial charge in [-0.05, 0) is 248 Å². The van der Waals surface area contributed by atoms with E-state index in [1.807, 2.05) is 83.1 Å². The zero-order valence-corrected chi connectivity index (χ0v) is 69.8. The van der Waals surface area contributed by atoms with Gasteiger partial charge < -0.3 is 53.6 Å². The van der Waals surface area contributed by atoms with Gasteiger partial charge in [0.1, 0.15) is 50.8 Å². The average Bonchev–Trinajstić information content (AvgIpc) is 1.60. The quantitative estimate of drug-likeness (QED) is 0.0344. The zero-order chi connectivity index (χ0) is 81.6. The monoisotopic (exact) mass is 1480 g/mol. The van der Waals surface area contributed by atoms with E-state index in [-0.39, 0.29) is 95.9 Å². The Hall–Kier alpha value is -6.15. The molecule has 602 valence electrons. The predicted octanol–water partition coefficient (Wildman–Crippen LogP) is 18.0. The van der Waals surface area contributed by atoms with Crippen LogP contribution in [0.25, 0.3) is 0 Å². The van der Waals surface area contributed by atoms with Crippen LogP contribution >= 0.6 is 0 Å². The van der Waals surface area contributed by atoms with E-state index in [2.05, 4.69) is 75.9 Å². The first-order valence-corrected chi connectivity index (χ1v) is 38.1. The van der Waals surface area contributed by atoms with Gasteiger partial charge in [-0.1, -0.05) is 126 Å². The molecular formula is C84H146O20. The number of carbonyl (C=O) groups excluding carboxylic acids is 7. The Morgan fingerprint density at radius 1 is 0.413 bits per heavy atom. The minimum Gasteiger partial charge on any atom is -0.481 e. The number of rotatable bonds is 28. The molecule has 4 aliphatic rings. The Balaban J connectivity index is -0.00000114. The molecule has 0 radical (unpaired) electrons. The number of fused-ring (bicyclic) bond motifs is 5. The molecule has 4 N–H and O–H groups in total. The molecule has 4 fully saturated rings. The molecule has 7 unspecified atom stereocenters. The van der Waals surface area contributed by atoms with Gasteiger partial charge in [0.15, 0.2) is 0 Å². The predicted molar refractivity (Wildman–Crippen MR) is 411 cm³/mol. The van der Waals surface area contributed by atoms with Crippen LogP contribution in [0.4, 0.5) is 0 Å². The van der Waals surface area contributed by atoms with Gasteiger partial charge in [0.25, 0.3) is 0 Å². The first-order valence-electron chi connectivity index (χ1n) is 38.1. The van der Waals surface area contributed by atoms with E-state index in [1.165, 1.54) is 77.9 Å². The van der Waals surface area contributed by atoms with Crippen molar-refractivity contribution in [2.75, 3.05) is 33.5 Å². The maximum absolute atomic E-state index is 12.2. The van der Waals surface area contributed by atoms with Crippen LogP contribution < -0.4 is 0 Å². The summed E-state index contributed by atoms with van der Waals surface area (Å²) in [6.45, 7) is 55.0. The lowest BCUT2D eigenvalue weighted by molar-refractivity contribution is -0.164. The molecule has 104 heavy (non-hydrogen) atoms. The number of aliphatic hydroxyl groups is 2. The molecular weight excluding hydrogens is 1330 g/mol. The molecule has 0 aromatic heterocycles. The van der Waals surface area contributed by atoms with Crippen molar-refractivity contribution >= 4 is 53.7 Å². The molecule has 0 heterocycles. The second-order valence-electron chi connectivity index (χ2n) is 33.4. The van der Waals surface area contributed by atoms with E-state index in [4.69, 9.17) is 38.6 Å². The first kappa shape index (κ1) is 102. The Bertz CT molecular complexity index is 2670. The van der Waals surface area contributed by atoms with E-state index in [9.17, 15) is 53.4 Å². The summed E-state index contributed by atoms with van der Waals surface area (Å²) in [5.74, 6) is -0.0670. The summed E-state index contributed by atoms with van der Waals surface area (Å²) in [7, 11) is 1.42. The van der Waals surface area contributed by atoms with Crippen LogP contribution in [0.2, 0.25) is 0 Å². The van der Waals surface area contributed by atoms with Crippen LogP contribution in [-0.2, 0) is 81.7 Å². The average molecular weight is 1480 g/mol. The molecule has 0 saturated heterocycles. The van der Waals surface area contributed by atoms with Crippen molar-refractivity contribution in [1.29, 1.82) is 0 Å². The van der Waals surface area contributed by atoms with Gasteiger partial charge in [0.05, 0.1) is 45.0 Å². The fourth-order valence-corrected chi connectivity index (χ4v) is 9.75. The SMILES string of the molecule is C=C(C)C(=O)OCC(O)COC(=O)C(C)(C)CC.C=C(C)C(=O)OCC(O)COC(=O)C(C)(C)CC.CCC(C)(C)C(=O)O.CCC(C)(C)C(=O)O.CCC(C)(C)C(=O)OC.CCC(C)(C)C(=O)OC1CC2CC1C1CCCC21.CCC(C)(C)C(=O)OC1CCCCC1.CCC(C)(C)c1ccccc1. The molecule has 4 saturated carbocycles. The van der Waals surface area contributed by atoms with E-state index in [0.29, 0.717) is 37.0 Å². The summed E-state index contributed by atoms with van der Waals surface area (Å²) in [5.41, 5.74) is -0.882. The molecule has 0 spiro atoms. The highest BCUT2D eigenvalue weighted by molar-refractivity contribution is 5.87. The molecule has 1 aromatic carbocycles. The van der Waals surface area contributed by atoms with Crippen molar-refractivity contribution in [3.63, 3.8) is 0 Å². The van der Waals surface area contributed by atoms with Crippen LogP contribution in [0.3, 0.4) is 0 Å². The fourth-order valence-electron chi connectivity index (χ4n) is 9.75. The topological polar surface area (TPSA) is 299 Å². The maximum atomic E-state index is 12.2. The number of carboxylic acids is 2. The number of carbonyl (C=O) groups is 9. The second kappa shape index (κ2) is 48.2. The molecule has 20 nitrogen and oxygen atoms in total. The highest BCUT2D eigenvalue weighted by Gasteiger charge is 2.55. The highest BCUT2D eigenvalue weighted by Crippen LogP contribution is 2.59. The maximum Gasteiger partial charge on any atom is 0.333 e. The number of benzene rings is 1. The summed E-state index contributed by atoms with van der Waals surface area (Å²) in [5, 5.41) is 35.8. The number of ether oxygens (including phenoxy) is 7. The summed E-state index contributed by atoms with van der Waals surface area (Å²) in [4.78, 5) is 101. The third-order valence-corrected chi connectivity index (χ3v) is 21.5. The van der Waals surface area contributed by atoms with Gasteiger partial charge in [-0.15, -0.1) is 0 Å². The molecule has 5 rings (SSSR count). The standard InChI is InChI=1S/C16H26O2.2C13H22O5.C12H22O2.C11H16.C7H14O2.2C6H12O2/c1-4-16(2,3)15(17)18-14-9-10-8-13(14)12-7-5-6-11(10)12;2*1-6-13(4,5)12(16)18-8-10(14)7-17-11(15)9(2)3;1-4-12(2,3)11(13)14-10-8-6-5-7-9-10;1-4-11(2,3)10-8-6-5-7-9-10;1-5-7(2,3)6(8)9-4;2*1-4-6(2,3)5(7)8/h10-14H,4-9H2,1-3H3;2*10,14H,2,6-8H2,1,3-5H3;10H,4-9H2,1-3H3;5-9H,4H2,1-3H3;5H2,1-4H3;2*4H2,1-3H3,(H,7,8). The summed E-state index contributed by atoms with van der Waals surface area (Å²) >= 11 is 0. The second-order valence-corrected chi connectivity index (χ2v) is 33.4. The van der Waals surface area contributed by atoms with Crippen molar-refractivity contribution in [3.8, 4) is 0 Å². The van der Waals surface area contributed by atoms with Crippen molar-refractivity contribution < 1.29 is 96.7 Å². The Morgan fingerprint density at radius 3 is 1.07 bits per heavy atom. The Labute approximate surface area is 628 Å². The molecule has 20 heteroatoms. The van der Waals surface area contributed by atoms with E-state index >= 15 is 0 Å². The van der Waals surface area contributed by atoms with E-state index < -0.39 is 57.7 Å². The summed E-state index contributed by atoms with van der Waals surface area (Å²) in [6.07, 6.45) is 17.3. The number of aliphatic hydroxyl groups excluding tert-OH is 2. The van der Waals surface area contributed by atoms with Gasteiger partial charge in [-0.25, -0.2) is 9.59 Å². The van der Waals surface area contributed by atoms with E-state index in [0.717, 1.165) is 56.3 Å². The molecule has 4 aliphatic carbocycles. The van der Waals surface area contributed by atoms with Crippen LogP contribution in [0, 0.1) is 61.6 Å². The molecule has 2 bridgehead atoms. The third-order valence-electron chi connectivity index (χ3n) is 21.5. The van der Waals surface area contributed by atoms with Crippen LogP contribution in [0.15, 0.2) is 54.6 Å². The lowest BCUT2D eigenvalue weighted by Gasteiger charge is -2.33. The van der Waals surface area contributed by atoms with Gasteiger partial charge in [0.2, 0.25) is 0 Å². The van der Waals surface area contributed by atoms with Crippen molar-refractivity contribution in [1.82, 2.24) is 0 Å². The Morgan fingerprint density at radius 2 is 0.750 bits per heavy atom. The van der Waals surface area contributed by atoms with Crippen molar-refractivity contribution in [2.45, 2.75) is 325 Å². The normalized spacial score (nSPS) is 18.2.